The molecule has 0 aliphatic rings. The summed E-state index contributed by atoms with van der Waals surface area (Å²) in [4.78, 5) is 0. The fourth-order valence-corrected chi connectivity index (χ4v) is 2.64. The molecule has 0 heterocycles. The van der Waals surface area contributed by atoms with Crippen molar-refractivity contribution in [3.8, 4) is 11.5 Å². The van der Waals surface area contributed by atoms with Gasteiger partial charge in [-0.3, -0.25) is 0 Å². The minimum atomic E-state index is 0.178. The van der Waals surface area contributed by atoms with Crippen LogP contribution in [0.2, 0.25) is 0 Å². The van der Waals surface area contributed by atoms with Crippen LogP contribution in [0.4, 0.5) is 0 Å². The molecule has 1 rings (SSSR count). The van der Waals surface area contributed by atoms with E-state index in [-0.39, 0.29) is 5.54 Å². The Labute approximate surface area is 137 Å². The number of benzene rings is 1. The fourth-order valence-electron chi connectivity index (χ4n) is 2.03. The highest BCUT2D eigenvalue weighted by Crippen LogP contribution is 2.37. The quantitative estimate of drug-likeness (QED) is 0.680. The smallest absolute Gasteiger partial charge is 0.175 e. The van der Waals surface area contributed by atoms with Crippen molar-refractivity contribution >= 4 is 15.9 Å². The molecule has 0 fully saturated rings. The van der Waals surface area contributed by atoms with E-state index in [1.807, 2.05) is 0 Å². The lowest BCUT2D eigenvalue weighted by Crippen LogP contribution is -2.40. The molecule has 0 aromatic heterocycles. The second-order valence-corrected chi connectivity index (χ2v) is 6.43. The van der Waals surface area contributed by atoms with Gasteiger partial charge in [0.15, 0.2) is 11.5 Å². The summed E-state index contributed by atoms with van der Waals surface area (Å²) in [5.74, 6) is 1.57. The van der Waals surface area contributed by atoms with Gasteiger partial charge >= 0.3 is 0 Å². The van der Waals surface area contributed by atoms with Gasteiger partial charge in [-0.1, -0.05) is 20.8 Å². The molecule has 0 bridgehead atoms. The molecule has 0 spiro atoms. The summed E-state index contributed by atoms with van der Waals surface area (Å²) < 4.78 is 12.2. The predicted octanol–water partition coefficient (Wildman–Crippen LogP) is 4.91. The van der Waals surface area contributed by atoms with Crippen LogP contribution in [0.25, 0.3) is 0 Å². The molecule has 1 N–H and O–H groups in total. The van der Waals surface area contributed by atoms with E-state index >= 15 is 0 Å². The standard InChI is InChI=1S/C17H28BrNO2/c1-6-9-21-16-14(18)10-13(11-15(16)20-5)12-19-17(4,7-2)8-3/h10-11,19H,6-9,12H2,1-5H3. The molecule has 21 heavy (non-hydrogen) atoms. The molecule has 0 aliphatic carbocycles. The lowest BCUT2D eigenvalue weighted by Gasteiger charge is -2.28. The van der Waals surface area contributed by atoms with Gasteiger partial charge in [-0.15, -0.1) is 0 Å². The average molecular weight is 358 g/mol. The summed E-state index contributed by atoms with van der Waals surface area (Å²) in [7, 11) is 1.68. The SMILES string of the molecule is CCCOc1c(Br)cc(CNC(C)(CC)CC)cc1OC. The van der Waals surface area contributed by atoms with E-state index in [0.717, 1.165) is 41.8 Å². The van der Waals surface area contributed by atoms with Gasteiger partial charge in [0.25, 0.3) is 0 Å². The molecule has 1 aromatic carbocycles. The minimum Gasteiger partial charge on any atom is -0.493 e. The lowest BCUT2D eigenvalue weighted by molar-refractivity contribution is 0.291. The third-order valence-corrected chi connectivity index (χ3v) is 4.61. The van der Waals surface area contributed by atoms with Gasteiger partial charge in [-0.25, -0.2) is 0 Å². The predicted molar refractivity (Wildman–Crippen MR) is 92.3 cm³/mol. The Bertz CT molecular complexity index is 445. The third-order valence-electron chi connectivity index (χ3n) is 4.02. The summed E-state index contributed by atoms with van der Waals surface area (Å²) in [6.45, 7) is 10.3. The molecule has 0 atom stereocenters. The van der Waals surface area contributed by atoms with E-state index in [0.29, 0.717) is 6.61 Å². The van der Waals surface area contributed by atoms with Crippen LogP contribution >= 0.6 is 15.9 Å². The summed E-state index contributed by atoms with van der Waals surface area (Å²) in [5.41, 5.74) is 1.37. The second kappa shape index (κ2) is 8.64. The van der Waals surface area contributed by atoms with E-state index in [4.69, 9.17) is 9.47 Å². The van der Waals surface area contributed by atoms with Crippen molar-refractivity contribution in [2.75, 3.05) is 13.7 Å². The zero-order valence-corrected chi connectivity index (χ0v) is 15.5. The molecular formula is C17H28BrNO2. The normalized spacial score (nSPS) is 11.5. The Hall–Kier alpha value is -0.740. The van der Waals surface area contributed by atoms with E-state index in [1.165, 1.54) is 5.56 Å². The molecule has 3 nitrogen and oxygen atoms in total. The molecule has 4 heteroatoms. The molecule has 0 amide bonds. The van der Waals surface area contributed by atoms with Crippen LogP contribution in [0.1, 0.15) is 52.5 Å². The Balaban J connectivity index is 2.88. The van der Waals surface area contributed by atoms with Gasteiger partial charge in [0.1, 0.15) is 0 Å². The lowest BCUT2D eigenvalue weighted by atomic mass is 9.95. The van der Waals surface area contributed by atoms with E-state index in [9.17, 15) is 0 Å². The molecule has 0 aliphatic heterocycles. The van der Waals surface area contributed by atoms with Crippen LogP contribution in [0.15, 0.2) is 16.6 Å². The maximum atomic E-state index is 5.76. The number of nitrogens with one attached hydrogen (secondary N) is 1. The van der Waals surface area contributed by atoms with Gasteiger partial charge in [0, 0.05) is 12.1 Å². The summed E-state index contributed by atoms with van der Waals surface area (Å²) in [6, 6.07) is 4.15. The maximum absolute atomic E-state index is 5.76. The topological polar surface area (TPSA) is 30.5 Å². The highest BCUT2D eigenvalue weighted by atomic mass is 79.9. The Kier molecular flexibility index (Phi) is 7.53. The average Bonchev–Trinajstić information content (AvgIpc) is 2.51. The van der Waals surface area contributed by atoms with Crippen molar-refractivity contribution in [1.82, 2.24) is 5.32 Å². The van der Waals surface area contributed by atoms with Crippen LogP contribution in [0.3, 0.4) is 0 Å². The van der Waals surface area contributed by atoms with Crippen molar-refractivity contribution in [1.29, 1.82) is 0 Å². The molecule has 1 aromatic rings. The fraction of sp³-hybridized carbons (Fsp3) is 0.647. The minimum absolute atomic E-state index is 0.178. The summed E-state index contributed by atoms with van der Waals surface area (Å²) in [5, 5.41) is 3.64. The molecule has 120 valence electrons. The first kappa shape index (κ1) is 18.3. The van der Waals surface area contributed by atoms with Crippen molar-refractivity contribution in [3.63, 3.8) is 0 Å². The van der Waals surface area contributed by atoms with Crippen molar-refractivity contribution < 1.29 is 9.47 Å². The number of ether oxygens (including phenoxy) is 2. The van der Waals surface area contributed by atoms with Crippen LogP contribution in [-0.2, 0) is 6.54 Å². The van der Waals surface area contributed by atoms with Gasteiger partial charge in [-0.2, -0.15) is 0 Å². The largest absolute Gasteiger partial charge is 0.493 e. The van der Waals surface area contributed by atoms with Crippen LogP contribution in [0, 0.1) is 0 Å². The van der Waals surface area contributed by atoms with Gasteiger partial charge in [-0.05, 0) is 59.8 Å². The van der Waals surface area contributed by atoms with E-state index < -0.39 is 0 Å². The first-order chi connectivity index (χ1) is 9.99. The number of rotatable bonds is 9. The molecule has 0 unspecified atom stereocenters. The molecule has 0 saturated carbocycles. The highest BCUT2D eigenvalue weighted by molar-refractivity contribution is 9.10. The number of methoxy groups -OCH3 is 1. The third kappa shape index (κ3) is 5.19. The van der Waals surface area contributed by atoms with Crippen LogP contribution < -0.4 is 14.8 Å². The molecule has 0 saturated heterocycles. The molecular weight excluding hydrogens is 330 g/mol. The Morgan fingerprint density at radius 3 is 2.38 bits per heavy atom. The number of hydrogen-bond donors (Lipinski definition) is 1. The Morgan fingerprint density at radius 1 is 1.19 bits per heavy atom. The van der Waals surface area contributed by atoms with Crippen molar-refractivity contribution in [2.45, 2.75) is 59.0 Å². The van der Waals surface area contributed by atoms with Crippen LogP contribution in [0.5, 0.6) is 11.5 Å². The van der Waals surface area contributed by atoms with Gasteiger partial charge in [0.2, 0.25) is 0 Å². The van der Waals surface area contributed by atoms with Crippen molar-refractivity contribution in [3.05, 3.63) is 22.2 Å². The van der Waals surface area contributed by atoms with Crippen LogP contribution in [-0.4, -0.2) is 19.3 Å². The summed E-state index contributed by atoms with van der Waals surface area (Å²) >= 11 is 3.59. The number of halogens is 1. The molecule has 0 radical (unpaired) electrons. The van der Waals surface area contributed by atoms with E-state index in [2.05, 4.69) is 61.1 Å². The summed E-state index contributed by atoms with van der Waals surface area (Å²) in [6.07, 6.45) is 3.20. The maximum Gasteiger partial charge on any atom is 0.175 e. The number of hydrogen-bond acceptors (Lipinski definition) is 3. The van der Waals surface area contributed by atoms with Gasteiger partial charge < -0.3 is 14.8 Å². The monoisotopic (exact) mass is 357 g/mol. The Morgan fingerprint density at radius 2 is 1.86 bits per heavy atom. The zero-order chi connectivity index (χ0) is 15.9. The second-order valence-electron chi connectivity index (χ2n) is 5.58. The first-order valence-electron chi connectivity index (χ1n) is 7.73. The first-order valence-corrected chi connectivity index (χ1v) is 8.53. The zero-order valence-electron chi connectivity index (χ0n) is 13.9. The van der Waals surface area contributed by atoms with E-state index in [1.54, 1.807) is 7.11 Å². The van der Waals surface area contributed by atoms with Gasteiger partial charge in [0.05, 0.1) is 18.2 Å². The van der Waals surface area contributed by atoms with Crippen molar-refractivity contribution in [2.24, 2.45) is 0 Å². The highest BCUT2D eigenvalue weighted by Gasteiger charge is 2.19.